The molecule has 0 radical (unpaired) electrons. The normalized spacial score (nSPS) is 11.9. The highest BCUT2D eigenvalue weighted by atomic mass is 35.5. The SMILES string of the molecule is CC[C@H](CC(=O)Cl)c1cccc(OCc2ccccc2)c1. The molecule has 2 rings (SSSR count). The first kappa shape index (κ1) is 15.6. The number of rotatable bonds is 7. The van der Waals surface area contributed by atoms with E-state index in [4.69, 9.17) is 16.3 Å². The molecule has 0 aliphatic carbocycles. The van der Waals surface area contributed by atoms with Crippen molar-refractivity contribution >= 4 is 16.8 Å². The van der Waals surface area contributed by atoms with Gasteiger partial charge >= 0.3 is 0 Å². The highest BCUT2D eigenvalue weighted by Crippen LogP contribution is 2.27. The second kappa shape index (κ2) is 7.84. The van der Waals surface area contributed by atoms with Crippen molar-refractivity contribution in [1.82, 2.24) is 0 Å². The topological polar surface area (TPSA) is 26.3 Å². The lowest BCUT2D eigenvalue weighted by atomic mass is 9.94. The fourth-order valence-corrected chi connectivity index (χ4v) is 2.48. The summed E-state index contributed by atoms with van der Waals surface area (Å²) < 4.78 is 5.81. The Morgan fingerprint density at radius 3 is 2.57 bits per heavy atom. The first-order chi connectivity index (χ1) is 10.2. The first-order valence-corrected chi connectivity index (χ1v) is 7.52. The van der Waals surface area contributed by atoms with E-state index in [0.29, 0.717) is 13.0 Å². The van der Waals surface area contributed by atoms with Gasteiger partial charge in [0.2, 0.25) is 5.24 Å². The van der Waals surface area contributed by atoms with E-state index < -0.39 is 0 Å². The molecule has 0 bridgehead atoms. The van der Waals surface area contributed by atoms with Crippen LogP contribution in [0.3, 0.4) is 0 Å². The third-order valence-electron chi connectivity index (χ3n) is 3.48. The Bertz CT molecular complexity index is 581. The molecule has 0 unspecified atom stereocenters. The molecule has 0 saturated carbocycles. The van der Waals surface area contributed by atoms with Gasteiger partial charge in [0.1, 0.15) is 12.4 Å². The van der Waals surface area contributed by atoms with Crippen LogP contribution in [0, 0.1) is 0 Å². The number of hydrogen-bond donors (Lipinski definition) is 0. The quantitative estimate of drug-likeness (QED) is 0.679. The molecule has 0 aliphatic heterocycles. The Morgan fingerprint density at radius 1 is 1.14 bits per heavy atom. The number of carbonyl (C=O) groups excluding carboxylic acids is 1. The number of carbonyl (C=O) groups is 1. The molecule has 0 aromatic heterocycles. The van der Waals surface area contributed by atoms with Crippen molar-refractivity contribution in [2.75, 3.05) is 0 Å². The second-order valence-electron chi connectivity index (χ2n) is 5.01. The molecule has 2 aromatic carbocycles. The molecule has 110 valence electrons. The van der Waals surface area contributed by atoms with Gasteiger partial charge in [-0.2, -0.15) is 0 Å². The van der Waals surface area contributed by atoms with Crippen LogP contribution in [-0.2, 0) is 11.4 Å². The maximum absolute atomic E-state index is 11.1. The third-order valence-corrected chi connectivity index (χ3v) is 3.63. The van der Waals surface area contributed by atoms with Gasteiger partial charge in [-0.3, -0.25) is 4.79 Å². The number of ether oxygens (including phenoxy) is 1. The molecule has 1 atom stereocenters. The predicted molar refractivity (Wildman–Crippen MR) is 85.7 cm³/mol. The summed E-state index contributed by atoms with van der Waals surface area (Å²) in [4.78, 5) is 11.1. The number of benzene rings is 2. The van der Waals surface area contributed by atoms with Gasteiger partial charge in [0.15, 0.2) is 0 Å². The highest BCUT2D eigenvalue weighted by Gasteiger charge is 2.13. The minimum atomic E-state index is -0.294. The summed E-state index contributed by atoms with van der Waals surface area (Å²) >= 11 is 5.51. The summed E-state index contributed by atoms with van der Waals surface area (Å²) in [5.41, 5.74) is 2.22. The van der Waals surface area contributed by atoms with E-state index in [2.05, 4.69) is 6.92 Å². The van der Waals surface area contributed by atoms with E-state index in [0.717, 1.165) is 23.3 Å². The van der Waals surface area contributed by atoms with Crippen molar-refractivity contribution in [3.8, 4) is 5.75 Å². The third kappa shape index (κ3) is 4.91. The van der Waals surface area contributed by atoms with Crippen LogP contribution in [0.4, 0.5) is 0 Å². The Morgan fingerprint density at radius 2 is 1.90 bits per heavy atom. The Kier molecular flexibility index (Phi) is 5.82. The van der Waals surface area contributed by atoms with E-state index in [-0.39, 0.29) is 11.2 Å². The molecule has 0 amide bonds. The maximum Gasteiger partial charge on any atom is 0.222 e. The van der Waals surface area contributed by atoms with Crippen molar-refractivity contribution in [2.24, 2.45) is 0 Å². The molecule has 0 heterocycles. The minimum absolute atomic E-state index is 0.148. The monoisotopic (exact) mass is 302 g/mol. The van der Waals surface area contributed by atoms with Crippen LogP contribution in [0.2, 0.25) is 0 Å². The van der Waals surface area contributed by atoms with Gasteiger partial charge in [0.05, 0.1) is 0 Å². The van der Waals surface area contributed by atoms with Crippen LogP contribution in [0.1, 0.15) is 36.8 Å². The summed E-state index contributed by atoms with van der Waals surface area (Å²) in [6.45, 7) is 2.59. The maximum atomic E-state index is 11.1. The Hall–Kier alpha value is -1.80. The summed E-state index contributed by atoms with van der Waals surface area (Å²) in [6.07, 6.45) is 1.24. The summed E-state index contributed by atoms with van der Waals surface area (Å²) in [5.74, 6) is 0.965. The Labute approximate surface area is 130 Å². The van der Waals surface area contributed by atoms with Gasteiger partial charge in [0.25, 0.3) is 0 Å². The molecule has 0 aliphatic rings. The molecule has 0 N–H and O–H groups in total. The van der Waals surface area contributed by atoms with Gasteiger partial charge in [-0.05, 0) is 47.2 Å². The average Bonchev–Trinajstić information content (AvgIpc) is 2.52. The zero-order chi connectivity index (χ0) is 15.1. The van der Waals surface area contributed by atoms with E-state index in [1.807, 2.05) is 54.6 Å². The molecule has 0 saturated heterocycles. The lowest BCUT2D eigenvalue weighted by Gasteiger charge is -2.14. The molecule has 2 nitrogen and oxygen atoms in total. The van der Waals surface area contributed by atoms with Crippen LogP contribution in [-0.4, -0.2) is 5.24 Å². The van der Waals surface area contributed by atoms with Crippen molar-refractivity contribution in [2.45, 2.75) is 32.3 Å². The first-order valence-electron chi connectivity index (χ1n) is 7.14. The second-order valence-corrected chi connectivity index (χ2v) is 5.43. The zero-order valence-electron chi connectivity index (χ0n) is 12.1. The van der Waals surface area contributed by atoms with E-state index in [1.165, 1.54) is 0 Å². The van der Waals surface area contributed by atoms with Crippen LogP contribution >= 0.6 is 11.6 Å². The molecule has 2 aromatic rings. The highest BCUT2D eigenvalue weighted by molar-refractivity contribution is 6.63. The van der Waals surface area contributed by atoms with E-state index >= 15 is 0 Å². The van der Waals surface area contributed by atoms with Crippen molar-refractivity contribution in [1.29, 1.82) is 0 Å². The number of halogens is 1. The fraction of sp³-hybridized carbons (Fsp3) is 0.278. The van der Waals surface area contributed by atoms with Gasteiger partial charge in [0, 0.05) is 6.42 Å². The number of hydrogen-bond acceptors (Lipinski definition) is 2. The Balaban J connectivity index is 2.04. The van der Waals surface area contributed by atoms with Gasteiger partial charge < -0.3 is 4.74 Å². The fourth-order valence-electron chi connectivity index (χ4n) is 2.29. The molecular weight excluding hydrogens is 284 g/mol. The standard InChI is InChI=1S/C18H19ClO2/c1-2-15(12-18(19)20)16-9-6-10-17(11-16)21-13-14-7-4-3-5-8-14/h3-11,15H,2,12-13H2,1H3/t15-/m1/s1. The molecule has 3 heteroatoms. The molecule has 21 heavy (non-hydrogen) atoms. The summed E-state index contributed by atoms with van der Waals surface area (Å²) in [6, 6.07) is 17.9. The van der Waals surface area contributed by atoms with Crippen LogP contribution in [0.5, 0.6) is 5.75 Å². The van der Waals surface area contributed by atoms with Crippen molar-refractivity contribution < 1.29 is 9.53 Å². The lowest BCUT2D eigenvalue weighted by molar-refractivity contribution is -0.112. The van der Waals surface area contributed by atoms with Gasteiger partial charge in [-0.1, -0.05) is 49.4 Å². The van der Waals surface area contributed by atoms with Crippen LogP contribution < -0.4 is 4.74 Å². The smallest absolute Gasteiger partial charge is 0.222 e. The minimum Gasteiger partial charge on any atom is -0.489 e. The lowest BCUT2D eigenvalue weighted by Crippen LogP contribution is -2.02. The summed E-state index contributed by atoms with van der Waals surface area (Å²) in [5, 5.41) is -0.294. The molecular formula is C18H19ClO2. The van der Waals surface area contributed by atoms with Crippen LogP contribution in [0.25, 0.3) is 0 Å². The van der Waals surface area contributed by atoms with Gasteiger partial charge in [-0.15, -0.1) is 0 Å². The predicted octanol–water partition coefficient (Wildman–Crippen LogP) is 4.91. The largest absolute Gasteiger partial charge is 0.489 e. The zero-order valence-corrected chi connectivity index (χ0v) is 12.8. The van der Waals surface area contributed by atoms with Crippen molar-refractivity contribution in [3.05, 3.63) is 65.7 Å². The van der Waals surface area contributed by atoms with Crippen LogP contribution in [0.15, 0.2) is 54.6 Å². The van der Waals surface area contributed by atoms with E-state index in [1.54, 1.807) is 0 Å². The summed E-state index contributed by atoms with van der Waals surface area (Å²) in [7, 11) is 0. The molecule has 0 spiro atoms. The molecule has 0 fully saturated rings. The van der Waals surface area contributed by atoms with Gasteiger partial charge in [-0.25, -0.2) is 0 Å². The van der Waals surface area contributed by atoms with Crippen molar-refractivity contribution in [3.63, 3.8) is 0 Å². The average molecular weight is 303 g/mol. The van der Waals surface area contributed by atoms with E-state index in [9.17, 15) is 4.79 Å².